The molecule has 5 nitrogen and oxygen atoms in total. The molecule has 0 aliphatic rings. The van der Waals surface area contributed by atoms with E-state index >= 15 is 0 Å². The molecule has 0 bridgehead atoms. The molecule has 0 aliphatic heterocycles. The zero-order valence-electron chi connectivity index (χ0n) is 13.1. The summed E-state index contributed by atoms with van der Waals surface area (Å²) in [5.74, 6) is 2.54. The summed E-state index contributed by atoms with van der Waals surface area (Å²) in [7, 11) is 0. The van der Waals surface area contributed by atoms with Crippen molar-refractivity contribution < 1.29 is 9.21 Å². The van der Waals surface area contributed by atoms with Gasteiger partial charge in [0.15, 0.2) is 5.76 Å². The normalized spacial score (nSPS) is 12.4. The van der Waals surface area contributed by atoms with Crippen molar-refractivity contribution in [2.24, 2.45) is 0 Å². The van der Waals surface area contributed by atoms with Crippen LogP contribution in [0.3, 0.4) is 0 Å². The van der Waals surface area contributed by atoms with Gasteiger partial charge in [-0.2, -0.15) is 11.8 Å². The number of carbonyl (C=O) groups excluding carboxylic acids is 1. The van der Waals surface area contributed by atoms with Crippen LogP contribution in [0.2, 0.25) is 0 Å². The van der Waals surface area contributed by atoms with Gasteiger partial charge in [0.05, 0.1) is 17.1 Å². The molecule has 1 atom stereocenters. The van der Waals surface area contributed by atoms with Crippen LogP contribution in [-0.4, -0.2) is 27.9 Å². The first-order valence-corrected chi connectivity index (χ1v) is 8.87. The lowest BCUT2D eigenvalue weighted by molar-refractivity contribution is 0.0905. The number of benzene rings is 1. The maximum absolute atomic E-state index is 12.4. The molecule has 120 valence electrons. The molecule has 0 unspecified atom stereocenters. The van der Waals surface area contributed by atoms with E-state index in [0.717, 1.165) is 34.8 Å². The van der Waals surface area contributed by atoms with E-state index in [9.17, 15) is 4.79 Å². The van der Waals surface area contributed by atoms with Gasteiger partial charge in [-0.25, -0.2) is 4.98 Å². The van der Waals surface area contributed by atoms with E-state index in [1.807, 2.05) is 37.4 Å². The number of rotatable bonds is 6. The van der Waals surface area contributed by atoms with E-state index in [4.69, 9.17) is 4.42 Å². The predicted octanol–water partition coefficient (Wildman–Crippen LogP) is 3.69. The average molecular weight is 329 g/mol. The summed E-state index contributed by atoms with van der Waals surface area (Å²) in [4.78, 5) is 20.3. The number of hydrogen-bond donors (Lipinski definition) is 2. The van der Waals surface area contributed by atoms with Crippen molar-refractivity contribution in [3.63, 3.8) is 0 Å². The molecule has 3 aromatic rings. The van der Waals surface area contributed by atoms with Crippen LogP contribution < -0.4 is 5.32 Å². The number of amides is 1. The fourth-order valence-electron chi connectivity index (χ4n) is 2.44. The van der Waals surface area contributed by atoms with Gasteiger partial charge in [0, 0.05) is 0 Å². The van der Waals surface area contributed by atoms with Crippen molar-refractivity contribution in [3.8, 4) is 0 Å². The Morgan fingerprint density at radius 2 is 2.17 bits per heavy atom. The van der Waals surface area contributed by atoms with Crippen molar-refractivity contribution in [1.29, 1.82) is 0 Å². The van der Waals surface area contributed by atoms with Crippen LogP contribution in [0.25, 0.3) is 11.0 Å². The van der Waals surface area contributed by atoms with Crippen molar-refractivity contribution >= 4 is 28.7 Å². The van der Waals surface area contributed by atoms with Crippen LogP contribution in [0.5, 0.6) is 0 Å². The Kier molecular flexibility index (Phi) is 4.71. The topological polar surface area (TPSA) is 70.9 Å². The van der Waals surface area contributed by atoms with Crippen molar-refractivity contribution in [2.75, 3.05) is 12.0 Å². The highest BCUT2D eigenvalue weighted by atomic mass is 32.2. The molecular formula is C17H19N3O2S. The molecule has 2 heterocycles. The number of aromatic nitrogens is 2. The predicted molar refractivity (Wildman–Crippen MR) is 92.7 cm³/mol. The lowest BCUT2D eigenvalue weighted by Crippen LogP contribution is -2.29. The van der Waals surface area contributed by atoms with E-state index < -0.39 is 0 Å². The lowest BCUT2D eigenvalue weighted by Gasteiger charge is -2.15. The molecule has 1 aromatic carbocycles. The Balaban J connectivity index is 1.83. The first-order valence-electron chi connectivity index (χ1n) is 7.48. The zero-order valence-corrected chi connectivity index (χ0v) is 13.9. The molecule has 23 heavy (non-hydrogen) atoms. The number of aryl methyl sites for hydroxylation is 1. The standard InChI is InChI=1S/C17H19N3O2S/c1-11-7-8-15(22-11)17(21)20-14(9-10-23-2)16-18-12-5-3-4-6-13(12)19-16/h3-8,14H,9-10H2,1-2H3,(H,18,19)(H,20,21)/t14-/m0/s1. The SMILES string of the molecule is CSCC[C@H](NC(=O)c1ccc(C)o1)c1nc2ccccc2[nH]1. The second-order valence-corrected chi connectivity index (χ2v) is 6.34. The van der Waals surface area contributed by atoms with E-state index in [1.54, 1.807) is 23.9 Å². The van der Waals surface area contributed by atoms with Crippen molar-refractivity contribution in [1.82, 2.24) is 15.3 Å². The number of fused-ring (bicyclic) bond motifs is 1. The third kappa shape index (κ3) is 3.59. The summed E-state index contributed by atoms with van der Waals surface area (Å²) in [6, 6.07) is 11.2. The molecule has 0 saturated heterocycles. The highest BCUT2D eigenvalue weighted by molar-refractivity contribution is 7.98. The Morgan fingerprint density at radius 3 is 2.87 bits per heavy atom. The van der Waals surface area contributed by atoms with Gasteiger partial charge in [0.1, 0.15) is 11.6 Å². The second kappa shape index (κ2) is 6.91. The summed E-state index contributed by atoms with van der Waals surface area (Å²) < 4.78 is 5.40. The van der Waals surface area contributed by atoms with Gasteiger partial charge in [-0.3, -0.25) is 4.79 Å². The number of para-hydroxylation sites is 2. The summed E-state index contributed by atoms with van der Waals surface area (Å²) >= 11 is 1.74. The van der Waals surface area contributed by atoms with E-state index in [2.05, 4.69) is 15.3 Å². The van der Waals surface area contributed by atoms with Gasteiger partial charge in [0.2, 0.25) is 0 Å². The van der Waals surface area contributed by atoms with Crippen molar-refractivity contribution in [2.45, 2.75) is 19.4 Å². The molecule has 0 aliphatic carbocycles. The third-order valence-corrected chi connectivity index (χ3v) is 4.26. The summed E-state index contributed by atoms with van der Waals surface area (Å²) in [5, 5.41) is 3.02. The molecule has 2 N–H and O–H groups in total. The van der Waals surface area contributed by atoms with Gasteiger partial charge >= 0.3 is 0 Å². The molecule has 0 radical (unpaired) electrons. The Bertz CT molecular complexity index is 776. The molecule has 6 heteroatoms. The van der Waals surface area contributed by atoms with Gasteiger partial charge in [-0.05, 0) is 49.6 Å². The Hall–Kier alpha value is -2.21. The monoisotopic (exact) mass is 329 g/mol. The number of H-pyrrole nitrogens is 1. The fourth-order valence-corrected chi connectivity index (χ4v) is 2.91. The minimum absolute atomic E-state index is 0.173. The number of carbonyl (C=O) groups is 1. The van der Waals surface area contributed by atoms with Crippen molar-refractivity contribution in [3.05, 3.63) is 53.7 Å². The van der Waals surface area contributed by atoms with Crippen LogP contribution in [-0.2, 0) is 0 Å². The first-order chi connectivity index (χ1) is 11.2. The molecule has 0 fully saturated rings. The highest BCUT2D eigenvalue weighted by Crippen LogP contribution is 2.20. The molecule has 3 rings (SSSR count). The number of nitrogens with zero attached hydrogens (tertiary/aromatic N) is 1. The van der Waals surface area contributed by atoms with Gasteiger partial charge in [-0.1, -0.05) is 12.1 Å². The minimum atomic E-state index is -0.218. The van der Waals surface area contributed by atoms with Crippen LogP contribution in [0, 0.1) is 6.92 Å². The minimum Gasteiger partial charge on any atom is -0.456 e. The van der Waals surface area contributed by atoms with Crippen LogP contribution in [0.1, 0.15) is 34.6 Å². The number of thioether (sulfide) groups is 1. The average Bonchev–Trinajstić information content (AvgIpc) is 3.17. The molecule has 1 amide bonds. The molecule has 2 aromatic heterocycles. The first kappa shape index (κ1) is 15.7. The lowest BCUT2D eigenvalue weighted by atomic mass is 10.2. The second-order valence-electron chi connectivity index (χ2n) is 5.36. The number of hydrogen-bond acceptors (Lipinski definition) is 4. The fraction of sp³-hybridized carbons (Fsp3) is 0.294. The smallest absolute Gasteiger partial charge is 0.287 e. The van der Waals surface area contributed by atoms with Crippen LogP contribution >= 0.6 is 11.8 Å². The van der Waals surface area contributed by atoms with E-state index in [-0.39, 0.29) is 11.9 Å². The largest absolute Gasteiger partial charge is 0.456 e. The van der Waals surface area contributed by atoms with Gasteiger partial charge < -0.3 is 14.7 Å². The third-order valence-electron chi connectivity index (χ3n) is 3.62. The number of furan rings is 1. The molecular weight excluding hydrogens is 310 g/mol. The van der Waals surface area contributed by atoms with Crippen LogP contribution in [0.15, 0.2) is 40.8 Å². The van der Waals surface area contributed by atoms with E-state index in [0.29, 0.717) is 5.76 Å². The summed E-state index contributed by atoms with van der Waals surface area (Å²) in [6.07, 6.45) is 2.85. The maximum atomic E-state index is 12.4. The van der Waals surface area contributed by atoms with Gasteiger partial charge in [0.25, 0.3) is 5.91 Å². The number of imidazole rings is 1. The number of nitrogens with one attached hydrogen (secondary N) is 2. The highest BCUT2D eigenvalue weighted by Gasteiger charge is 2.20. The quantitative estimate of drug-likeness (QED) is 0.723. The number of aromatic amines is 1. The maximum Gasteiger partial charge on any atom is 0.287 e. The molecule has 0 spiro atoms. The Morgan fingerprint density at radius 1 is 1.35 bits per heavy atom. The molecule has 0 saturated carbocycles. The van der Waals surface area contributed by atoms with E-state index in [1.165, 1.54) is 0 Å². The summed E-state index contributed by atoms with van der Waals surface area (Å²) in [5.41, 5.74) is 1.87. The van der Waals surface area contributed by atoms with Gasteiger partial charge in [-0.15, -0.1) is 0 Å². The zero-order chi connectivity index (χ0) is 16.2. The van der Waals surface area contributed by atoms with Crippen LogP contribution in [0.4, 0.5) is 0 Å². The summed E-state index contributed by atoms with van der Waals surface area (Å²) in [6.45, 7) is 1.82. The Labute approximate surface area is 138 Å².